The van der Waals surface area contributed by atoms with Gasteiger partial charge in [0.15, 0.2) is 0 Å². The fourth-order valence-electron chi connectivity index (χ4n) is 3.98. The SMILES string of the molecule is CCOc1cc(Cc2cnc(N)nc2N)ccc1-c1ccc(O)cc1OC1CCCC1. The zero-order valence-electron chi connectivity index (χ0n) is 17.7. The zero-order valence-corrected chi connectivity index (χ0v) is 17.7. The van der Waals surface area contributed by atoms with Crippen molar-refractivity contribution < 1.29 is 14.6 Å². The molecule has 0 radical (unpaired) electrons. The topological polar surface area (TPSA) is 117 Å². The number of hydrogen-bond donors (Lipinski definition) is 3. The molecular weight excluding hydrogens is 392 g/mol. The van der Waals surface area contributed by atoms with Gasteiger partial charge in [-0.05, 0) is 56.4 Å². The largest absolute Gasteiger partial charge is 0.508 e. The summed E-state index contributed by atoms with van der Waals surface area (Å²) >= 11 is 0. The van der Waals surface area contributed by atoms with Crippen molar-refractivity contribution in [2.75, 3.05) is 18.1 Å². The maximum atomic E-state index is 10.0. The Morgan fingerprint density at radius 3 is 2.52 bits per heavy atom. The van der Waals surface area contributed by atoms with Crippen LogP contribution in [0, 0.1) is 0 Å². The molecule has 0 bridgehead atoms. The fraction of sp³-hybridized carbons (Fsp3) is 0.333. The van der Waals surface area contributed by atoms with E-state index in [4.69, 9.17) is 20.9 Å². The number of phenols is 1. The molecular formula is C24H28N4O3. The van der Waals surface area contributed by atoms with Crippen LogP contribution >= 0.6 is 0 Å². The second-order valence-electron chi connectivity index (χ2n) is 7.78. The van der Waals surface area contributed by atoms with E-state index in [-0.39, 0.29) is 17.8 Å². The maximum Gasteiger partial charge on any atom is 0.221 e. The summed E-state index contributed by atoms with van der Waals surface area (Å²) in [5.74, 6) is 2.15. The van der Waals surface area contributed by atoms with Crippen molar-refractivity contribution >= 4 is 11.8 Å². The van der Waals surface area contributed by atoms with E-state index in [0.29, 0.717) is 24.6 Å². The molecule has 0 amide bonds. The Morgan fingerprint density at radius 2 is 1.77 bits per heavy atom. The quantitative estimate of drug-likeness (QED) is 0.521. The molecule has 162 valence electrons. The van der Waals surface area contributed by atoms with Crippen LogP contribution in [-0.4, -0.2) is 27.8 Å². The van der Waals surface area contributed by atoms with Crippen molar-refractivity contribution in [2.24, 2.45) is 0 Å². The minimum absolute atomic E-state index is 0.161. The van der Waals surface area contributed by atoms with Gasteiger partial charge in [0, 0.05) is 35.4 Å². The lowest BCUT2D eigenvalue weighted by molar-refractivity contribution is 0.210. The lowest BCUT2D eigenvalue weighted by Gasteiger charge is -2.19. The van der Waals surface area contributed by atoms with E-state index in [2.05, 4.69) is 9.97 Å². The van der Waals surface area contributed by atoms with E-state index in [1.54, 1.807) is 18.3 Å². The minimum atomic E-state index is 0.161. The molecule has 1 fully saturated rings. The summed E-state index contributed by atoms with van der Waals surface area (Å²) in [6.07, 6.45) is 6.83. The molecule has 2 aromatic carbocycles. The lowest BCUT2D eigenvalue weighted by atomic mass is 9.98. The van der Waals surface area contributed by atoms with Crippen LogP contribution in [0.2, 0.25) is 0 Å². The van der Waals surface area contributed by atoms with Crippen LogP contribution in [-0.2, 0) is 6.42 Å². The molecule has 5 N–H and O–H groups in total. The molecule has 1 aromatic heterocycles. The van der Waals surface area contributed by atoms with Crippen molar-refractivity contribution in [3.8, 4) is 28.4 Å². The molecule has 1 aliphatic rings. The first-order valence-corrected chi connectivity index (χ1v) is 10.7. The third-order valence-corrected chi connectivity index (χ3v) is 5.51. The molecule has 1 saturated carbocycles. The zero-order chi connectivity index (χ0) is 21.8. The Labute approximate surface area is 182 Å². The van der Waals surface area contributed by atoms with Crippen molar-refractivity contribution in [2.45, 2.75) is 45.1 Å². The van der Waals surface area contributed by atoms with Gasteiger partial charge >= 0.3 is 0 Å². The summed E-state index contributed by atoms with van der Waals surface area (Å²) in [4.78, 5) is 8.08. The molecule has 1 heterocycles. The van der Waals surface area contributed by atoms with Gasteiger partial charge in [0.25, 0.3) is 0 Å². The Morgan fingerprint density at radius 1 is 1.03 bits per heavy atom. The standard InChI is InChI=1S/C24H28N4O3/c1-2-30-21-12-15(11-16-14-27-24(26)28-23(16)25)7-9-19(21)20-10-8-17(29)13-22(20)31-18-5-3-4-6-18/h7-10,12-14,18,29H,2-6,11H2,1H3,(H4,25,26,27,28). The Balaban J connectivity index is 1.68. The molecule has 31 heavy (non-hydrogen) atoms. The number of aromatic nitrogens is 2. The molecule has 0 spiro atoms. The molecule has 4 rings (SSSR count). The van der Waals surface area contributed by atoms with Crippen LogP contribution in [0.4, 0.5) is 11.8 Å². The van der Waals surface area contributed by atoms with Crippen molar-refractivity contribution in [3.05, 3.63) is 53.7 Å². The van der Waals surface area contributed by atoms with Crippen LogP contribution in [0.1, 0.15) is 43.7 Å². The number of nitrogens with zero attached hydrogens (tertiary/aromatic N) is 2. The molecule has 0 atom stereocenters. The first-order chi connectivity index (χ1) is 15.0. The summed E-state index contributed by atoms with van der Waals surface area (Å²) in [6, 6.07) is 11.3. The predicted octanol–water partition coefficient (Wildman–Crippen LogP) is 4.32. The van der Waals surface area contributed by atoms with Crippen LogP contribution in [0.3, 0.4) is 0 Å². The average molecular weight is 421 g/mol. The maximum absolute atomic E-state index is 10.0. The highest BCUT2D eigenvalue weighted by Gasteiger charge is 2.20. The Kier molecular flexibility index (Phi) is 6.11. The van der Waals surface area contributed by atoms with Gasteiger partial charge in [-0.2, -0.15) is 4.98 Å². The molecule has 7 heteroatoms. The summed E-state index contributed by atoms with van der Waals surface area (Å²) < 4.78 is 12.2. The summed E-state index contributed by atoms with van der Waals surface area (Å²) in [5, 5.41) is 10.0. The predicted molar refractivity (Wildman–Crippen MR) is 121 cm³/mol. The van der Waals surface area contributed by atoms with Crippen LogP contribution in [0.15, 0.2) is 42.6 Å². The molecule has 1 aliphatic carbocycles. The Bertz CT molecular complexity index is 1060. The minimum Gasteiger partial charge on any atom is -0.508 e. The number of rotatable bonds is 7. The lowest BCUT2D eigenvalue weighted by Crippen LogP contribution is -2.11. The van der Waals surface area contributed by atoms with E-state index in [1.165, 1.54) is 12.8 Å². The van der Waals surface area contributed by atoms with E-state index in [0.717, 1.165) is 40.8 Å². The number of nitrogen functional groups attached to an aromatic ring is 2. The number of nitrogens with two attached hydrogens (primary N) is 2. The van der Waals surface area contributed by atoms with Gasteiger partial charge in [-0.1, -0.05) is 12.1 Å². The van der Waals surface area contributed by atoms with Crippen molar-refractivity contribution in [3.63, 3.8) is 0 Å². The summed E-state index contributed by atoms with van der Waals surface area (Å²) in [6.45, 7) is 2.48. The molecule has 7 nitrogen and oxygen atoms in total. The number of phenolic OH excluding ortho intramolecular Hbond substituents is 1. The number of aromatic hydroxyl groups is 1. The second kappa shape index (κ2) is 9.12. The summed E-state index contributed by atoms with van der Waals surface area (Å²) in [5.41, 5.74) is 15.2. The van der Waals surface area contributed by atoms with Crippen molar-refractivity contribution in [1.29, 1.82) is 0 Å². The van der Waals surface area contributed by atoms with Gasteiger partial charge in [-0.25, -0.2) is 4.98 Å². The first-order valence-electron chi connectivity index (χ1n) is 10.7. The van der Waals surface area contributed by atoms with Gasteiger partial charge in [0.1, 0.15) is 23.1 Å². The molecule has 0 saturated heterocycles. The fourth-order valence-corrected chi connectivity index (χ4v) is 3.98. The number of anilines is 2. The van der Waals surface area contributed by atoms with E-state index >= 15 is 0 Å². The number of benzene rings is 2. The monoisotopic (exact) mass is 420 g/mol. The number of ether oxygens (including phenoxy) is 2. The van der Waals surface area contributed by atoms with Crippen LogP contribution in [0.25, 0.3) is 11.1 Å². The second-order valence-corrected chi connectivity index (χ2v) is 7.78. The average Bonchev–Trinajstić information content (AvgIpc) is 3.24. The summed E-state index contributed by atoms with van der Waals surface area (Å²) in [7, 11) is 0. The van der Waals surface area contributed by atoms with Crippen LogP contribution < -0.4 is 20.9 Å². The van der Waals surface area contributed by atoms with Gasteiger partial charge in [0.2, 0.25) is 5.95 Å². The van der Waals surface area contributed by atoms with Gasteiger partial charge in [-0.15, -0.1) is 0 Å². The van der Waals surface area contributed by atoms with Gasteiger partial charge < -0.3 is 26.0 Å². The van der Waals surface area contributed by atoms with Crippen molar-refractivity contribution in [1.82, 2.24) is 9.97 Å². The van der Waals surface area contributed by atoms with Gasteiger partial charge in [0.05, 0.1) is 12.7 Å². The highest BCUT2D eigenvalue weighted by molar-refractivity contribution is 5.77. The molecule has 3 aromatic rings. The molecule has 0 aliphatic heterocycles. The van der Waals surface area contributed by atoms with E-state index in [9.17, 15) is 5.11 Å². The number of hydrogen-bond acceptors (Lipinski definition) is 7. The Hall–Kier alpha value is -3.48. The first kappa shape index (κ1) is 20.8. The highest BCUT2D eigenvalue weighted by atomic mass is 16.5. The van der Waals surface area contributed by atoms with E-state index < -0.39 is 0 Å². The van der Waals surface area contributed by atoms with Crippen LogP contribution in [0.5, 0.6) is 17.2 Å². The normalized spacial score (nSPS) is 14.0. The highest BCUT2D eigenvalue weighted by Crippen LogP contribution is 2.40. The van der Waals surface area contributed by atoms with Gasteiger partial charge in [-0.3, -0.25) is 0 Å². The third-order valence-electron chi connectivity index (χ3n) is 5.51. The van der Waals surface area contributed by atoms with E-state index in [1.807, 2.05) is 31.2 Å². The third kappa shape index (κ3) is 4.82. The smallest absolute Gasteiger partial charge is 0.221 e. The molecule has 0 unspecified atom stereocenters.